The highest BCUT2D eigenvalue weighted by atomic mass is 79.9. The van der Waals surface area contributed by atoms with Gasteiger partial charge in [-0.2, -0.15) is 0 Å². The zero-order valence-electron chi connectivity index (χ0n) is 9.89. The highest BCUT2D eigenvalue weighted by Crippen LogP contribution is 2.25. The van der Waals surface area contributed by atoms with Gasteiger partial charge in [-0.1, -0.05) is 28.1 Å². The van der Waals surface area contributed by atoms with Gasteiger partial charge in [0.05, 0.1) is 7.11 Å². The molecule has 0 atom stereocenters. The van der Waals surface area contributed by atoms with Crippen molar-refractivity contribution in [3.8, 4) is 17.2 Å². The number of halogens is 1. The van der Waals surface area contributed by atoms with Gasteiger partial charge in [0.1, 0.15) is 23.9 Å². The van der Waals surface area contributed by atoms with Crippen molar-refractivity contribution in [2.24, 2.45) is 0 Å². The van der Waals surface area contributed by atoms with Crippen molar-refractivity contribution in [2.75, 3.05) is 7.11 Å². The number of hydrogen-bond donors (Lipinski definition) is 1. The highest BCUT2D eigenvalue weighted by molar-refractivity contribution is 9.10. The molecule has 0 saturated heterocycles. The standard InChI is InChI=1S/C14H13BrO3/c1-17-12-6-5-10(14(15)8-12)9-18-13-4-2-3-11(16)7-13/h2-8,16H,9H2,1H3. The van der Waals surface area contributed by atoms with E-state index in [1.54, 1.807) is 31.4 Å². The molecule has 94 valence electrons. The number of methoxy groups -OCH3 is 1. The minimum Gasteiger partial charge on any atom is -0.508 e. The molecule has 0 amide bonds. The largest absolute Gasteiger partial charge is 0.508 e. The molecule has 2 aromatic carbocycles. The zero-order valence-corrected chi connectivity index (χ0v) is 11.5. The van der Waals surface area contributed by atoms with Crippen LogP contribution in [0.25, 0.3) is 0 Å². The summed E-state index contributed by atoms with van der Waals surface area (Å²) >= 11 is 3.47. The molecule has 0 aromatic heterocycles. The Kier molecular flexibility index (Phi) is 4.10. The van der Waals surface area contributed by atoms with Gasteiger partial charge in [-0.3, -0.25) is 0 Å². The Balaban J connectivity index is 2.06. The SMILES string of the molecule is COc1ccc(COc2cccc(O)c2)c(Br)c1. The van der Waals surface area contributed by atoms with Crippen LogP contribution in [0.2, 0.25) is 0 Å². The third kappa shape index (κ3) is 3.17. The van der Waals surface area contributed by atoms with Crippen molar-refractivity contribution in [1.29, 1.82) is 0 Å². The second-order valence-electron chi connectivity index (χ2n) is 3.74. The Morgan fingerprint density at radius 1 is 1.11 bits per heavy atom. The summed E-state index contributed by atoms with van der Waals surface area (Å²) in [4.78, 5) is 0. The summed E-state index contributed by atoms with van der Waals surface area (Å²) in [6.45, 7) is 0.425. The minimum absolute atomic E-state index is 0.196. The molecule has 18 heavy (non-hydrogen) atoms. The van der Waals surface area contributed by atoms with Crippen LogP contribution in [-0.4, -0.2) is 12.2 Å². The predicted octanol–water partition coefficient (Wildman–Crippen LogP) is 3.74. The van der Waals surface area contributed by atoms with Gasteiger partial charge in [0.2, 0.25) is 0 Å². The Morgan fingerprint density at radius 2 is 1.94 bits per heavy atom. The van der Waals surface area contributed by atoms with Crippen LogP contribution < -0.4 is 9.47 Å². The van der Waals surface area contributed by atoms with E-state index in [-0.39, 0.29) is 5.75 Å². The molecule has 2 rings (SSSR count). The van der Waals surface area contributed by atoms with Crippen molar-refractivity contribution < 1.29 is 14.6 Å². The summed E-state index contributed by atoms with van der Waals surface area (Å²) in [5.41, 5.74) is 1.01. The number of rotatable bonds is 4. The molecule has 0 heterocycles. The van der Waals surface area contributed by atoms with E-state index in [4.69, 9.17) is 9.47 Å². The molecule has 0 saturated carbocycles. The molecular weight excluding hydrogens is 296 g/mol. The van der Waals surface area contributed by atoms with Crippen LogP contribution in [0.5, 0.6) is 17.2 Å². The van der Waals surface area contributed by atoms with Crippen molar-refractivity contribution in [3.63, 3.8) is 0 Å². The van der Waals surface area contributed by atoms with Gasteiger partial charge in [0.25, 0.3) is 0 Å². The van der Waals surface area contributed by atoms with E-state index in [1.807, 2.05) is 18.2 Å². The number of ether oxygens (including phenoxy) is 2. The third-order valence-electron chi connectivity index (χ3n) is 2.47. The molecule has 0 unspecified atom stereocenters. The van der Waals surface area contributed by atoms with E-state index in [0.717, 1.165) is 15.8 Å². The molecule has 0 aliphatic heterocycles. The van der Waals surface area contributed by atoms with E-state index in [1.165, 1.54) is 0 Å². The van der Waals surface area contributed by atoms with Crippen LogP contribution in [0, 0.1) is 0 Å². The first-order chi connectivity index (χ1) is 8.69. The van der Waals surface area contributed by atoms with Gasteiger partial charge in [0.15, 0.2) is 0 Å². The second kappa shape index (κ2) is 5.78. The number of hydrogen-bond acceptors (Lipinski definition) is 3. The van der Waals surface area contributed by atoms with E-state index in [2.05, 4.69) is 15.9 Å². The monoisotopic (exact) mass is 308 g/mol. The van der Waals surface area contributed by atoms with E-state index < -0.39 is 0 Å². The van der Waals surface area contributed by atoms with Gasteiger partial charge in [-0.25, -0.2) is 0 Å². The van der Waals surface area contributed by atoms with E-state index >= 15 is 0 Å². The summed E-state index contributed by atoms with van der Waals surface area (Å²) in [6, 6.07) is 12.4. The molecule has 4 heteroatoms. The van der Waals surface area contributed by atoms with Gasteiger partial charge in [-0.15, -0.1) is 0 Å². The number of phenols is 1. The maximum absolute atomic E-state index is 9.33. The summed E-state index contributed by atoms with van der Waals surface area (Å²) < 4.78 is 11.7. The predicted molar refractivity (Wildman–Crippen MR) is 73.1 cm³/mol. The highest BCUT2D eigenvalue weighted by Gasteiger charge is 2.03. The molecular formula is C14H13BrO3. The number of phenolic OH excluding ortho intramolecular Hbond substituents is 1. The molecule has 3 nitrogen and oxygen atoms in total. The minimum atomic E-state index is 0.196. The second-order valence-corrected chi connectivity index (χ2v) is 4.60. The van der Waals surface area contributed by atoms with Crippen LogP contribution in [0.1, 0.15) is 5.56 Å². The molecule has 0 radical (unpaired) electrons. The molecule has 0 fully saturated rings. The van der Waals surface area contributed by atoms with E-state index in [9.17, 15) is 5.11 Å². The van der Waals surface area contributed by atoms with Crippen LogP contribution in [0.4, 0.5) is 0 Å². The fourth-order valence-electron chi connectivity index (χ4n) is 1.51. The molecule has 0 bridgehead atoms. The fraction of sp³-hybridized carbons (Fsp3) is 0.143. The van der Waals surface area contributed by atoms with Crippen molar-refractivity contribution in [3.05, 3.63) is 52.5 Å². The Hall–Kier alpha value is -1.68. The Morgan fingerprint density at radius 3 is 2.61 bits per heavy atom. The van der Waals surface area contributed by atoms with Gasteiger partial charge in [-0.05, 0) is 24.3 Å². The lowest BCUT2D eigenvalue weighted by molar-refractivity contribution is 0.303. The summed E-state index contributed by atoms with van der Waals surface area (Å²) in [7, 11) is 1.63. The first kappa shape index (κ1) is 12.8. The maximum atomic E-state index is 9.33. The quantitative estimate of drug-likeness (QED) is 0.935. The first-order valence-electron chi connectivity index (χ1n) is 5.43. The number of aromatic hydroxyl groups is 1. The van der Waals surface area contributed by atoms with Crippen LogP contribution >= 0.6 is 15.9 Å². The first-order valence-corrected chi connectivity index (χ1v) is 6.22. The van der Waals surface area contributed by atoms with Gasteiger partial charge in [0, 0.05) is 16.1 Å². The van der Waals surface area contributed by atoms with Crippen LogP contribution in [0.15, 0.2) is 46.9 Å². The normalized spacial score (nSPS) is 10.1. The van der Waals surface area contributed by atoms with Gasteiger partial charge < -0.3 is 14.6 Å². The smallest absolute Gasteiger partial charge is 0.123 e. The molecule has 0 aliphatic carbocycles. The number of benzene rings is 2. The Bertz CT molecular complexity index is 540. The molecule has 1 N–H and O–H groups in total. The molecule has 0 spiro atoms. The van der Waals surface area contributed by atoms with Gasteiger partial charge >= 0.3 is 0 Å². The lowest BCUT2D eigenvalue weighted by Gasteiger charge is -2.09. The van der Waals surface area contributed by atoms with E-state index in [0.29, 0.717) is 12.4 Å². The Labute approximate surface area is 114 Å². The van der Waals surface area contributed by atoms with Crippen LogP contribution in [-0.2, 0) is 6.61 Å². The van der Waals surface area contributed by atoms with Crippen molar-refractivity contribution in [1.82, 2.24) is 0 Å². The summed E-state index contributed by atoms with van der Waals surface area (Å²) in [6.07, 6.45) is 0. The lowest BCUT2D eigenvalue weighted by atomic mass is 10.2. The average molecular weight is 309 g/mol. The third-order valence-corrected chi connectivity index (χ3v) is 3.21. The summed E-state index contributed by atoms with van der Waals surface area (Å²) in [5.74, 6) is 1.63. The topological polar surface area (TPSA) is 38.7 Å². The molecule has 0 aliphatic rings. The fourth-order valence-corrected chi connectivity index (χ4v) is 1.98. The van der Waals surface area contributed by atoms with Crippen LogP contribution in [0.3, 0.4) is 0 Å². The van der Waals surface area contributed by atoms with Crippen molar-refractivity contribution >= 4 is 15.9 Å². The maximum Gasteiger partial charge on any atom is 0.123 e. The van der Waals surface area contributed by atoms with Crippen molar-refractivity contribution in [2.45, 2.75) is 6.61 Å². The average Bonchev–Trinajstić information content (AvgIpc) is 2.37. The zero-order chi connectivity index (χ0) is 13.0. The molecule has 2 aromatic rings. The lowest BCUT2D eigenvalue weighted by Crippen LogP contribution is -1.96. The summed E-state index contributed by atoms with van der Waals surface area (Å²) in [5, 5.41) is 9.33.